The molecule has 2 N–H and O–H groups in total. The summed E-state index contributed by atoms with van der Waals surface area (Å²) in [6.45, 7) is 3.28. The van der Waals surface area contributed by atoms with Gasteiger partial charge in [0.25, 0.3) is 0 Å². The summed E-state index contributed by atoms with van der Waals surface area (Å²) in [6, 6.07) is 0.863. The maximum absolute atomic E-state index is 11.9. The first-order valence-electron chi connectivity index (χ1n) is 3.04. The van der Waals surface area contributed by atoms with Gasteiger partial charge in [-0.1, -0.05) is 6.58 Å². The average Bonchev–Trinajstić information content (AvgIpc) is 2.35. The van der Waals surface area contributed by atoms with Crippen LogP contribution in [0.1, 0.15) is 5.69 Å². The van der Waals surface area contributed by atoms with Crippen LogP contribution in [0, 0.1) is 0 Å². The second-order valence-corrected chi connectivity index (χ2v) is 2.01. The molecule has 0 bridgehead atoms. The molecule has 1 heterocycles. The largest absolute Gasteiger partial charge is 0.432 e. The molecule has 0 atom stereocenters. The topological polar surface area (TPSA) is 40.7 Å². The lowest BCUT2D eigenvalue weighted by Crippen LogP contribution is -2.04. The highest BCUT2D eigenvalue weighted by molar-refractivity contribution is 5.38. The Balaban J connectivity index is 2.84. The lowest BCUT2D eigenvalue weighted by Gasteiger charge is -1.99. The van der Waals surface area contributed by atoms with Crippen LogP contribution in [0.5, 0.6) is 0 Å². The Hall–Kier alpha value is -1.46. The number of hydrogen-bond acceptors (Lipinski definition) is 2. The molecule has 66 valence electrons. The van der Waals surface area contributed by atoms with Gasteiger partial charge in [-0.3, -0.25) is 5.10 Å². The Morgan fingerprint density at radius 2 is 2.25 bits per heavy atom. The number of aromatic nitrogens is 2. The first kappa shape index (κ1) is 8.63. The fourth-order valence-electron chi connectivity index (χ4n) is 0.645. The second kappa shape index (κ2) is 2.88. The summed E-state index contributed by atoms with van der Waals surface area (Å²) >= 11 is 0. The highest BCUT2D eigenvalue weighted by Crippen LogP contribution is 2.28. The number of halogens is 3. The van der Waals surface area contributed by atoms with Crippen molar-refractivity contribution in [3.05, 3.63) is 24.5 Å². The van der Waals surface area contributed by atoms with E-state index in [1.54, 1.807) is 0 Å². The van der Waals surface area contributed by atoms with Gasteiger partial charge in [0.05, 0.1) is 0 Å². The second-order valence-electron chi connectivity index (χ2n) is 2.01. The minimum absolute atomic E-state index is 0.0947. The SMILES string of the molecule is C=CNc1cc(C(F)(F)F)[nH]n1. The Morgan fingerprint density at radius 1 is 1.58 bits per heavy atom. The Bertz CT molecular complexity index is 276. The fourth-order valence-corrected chi connectivity index (χ4v) is 0.645. The summed E-state index contributed by atoms with van der Waals surface area (Å²) in [5.41, 5.74) is -0.883. The minimum Gasteiger partial charge on any atom is -0.346 e. The van der Waals surface area contributed by atoms with E-state index in [1.165, 1.54) is 6.20 Å². The number of hydrogen-bond donors (Lipinski definition) is 2. The highest BCUT2D eigenvalue weighted by Gasteiger charge is 2.32. The third-order valence-corrected chi connectivity index (χ3v) is 1.13. The van der Waals surface area contributed by atoms with Gasteiger partial charge in [0.1, 0.15) is 5.69 Å². The van der Waals surface area contributed by atoms with Crippen LogP contribution in [0.25, 0.3) is 0 Å². The zero-order valence-electron chi connectivity index (χ0n) is 5.94. The van der Waals surface area contributed by atoms with Crippen molar-refractivity contribution >= 4 is 5.82 Å². The molecule has 3 nitrogen and oxygen atoms in total. The summed E-state index contributed by atoms with van der Waals surface area (Å²) < 4.78 is 35.7. The van der Waals surface area contributed by atoms with Gasteiger partial charge >= 0.3 is 6.18 Å². The first-order valence-corrected chi connectivity index (χ1v) is 3.04. The molecule has 0 saturated carbocycles. The van der Waals surface area contributed by atoms with Gasteiger partial charge in [-0.15, -0.1) is 0 Å². The molecule has 0 spiro atoms. The molecule has 0 amide bonds. The summed E-state index contributed by atoms with van der Waals surface area (Å²) in [7, 11) is 0. The number of aromatic amines is 1. The fraction of sp³-hybridized carbons (Fsp3) is 0.167. The van der Waals surface area contributed by atoms with Gasteiger partial charge in [-0.05, 0) is 6.20 Å². The van der Waals surface area contributed by atoms with Crippen molar-refractivity contribution in [2.24, 2.45) is 0 Å². The number of H-pyrrole nitrogens is 1. The smallest absolute Gasteiger partial charge is 0.346 e. The van der Waals surface area contributed by atoms with Gasteiger partial charge in [-0.25, -0.2) is 0 Å². The van der Waals surface area contributed by atoms with E-state index in [9.17, 15) is 13.2 Å². The van der Waals surface area contributed by atoms with E-state index in [0.29, 0.717) is 0 Å². The van der Waals surface area contributed by atoms with Crippen LogP contribution in [0.15, 0.2) is 18.8 Å². The van der Waals surface area contributed by atoms with Crippen molar-refractivity contribution in [2.45, 2.75) is 6.18 Å². The van der Waals surface area contributed by atoms with Crippen molar-refractivity contribution in [1.82, 2.24) is 10.2 Å². The lowest BCUT2D eigenvalue weighted by atomic mass is 10.4. The molecule has 6 heteroatoms. The predicted molar refractivity (Wildman–Crippen MR) is 37.4 cm³/mol. The number of nitrogens with one attached hydrogen (secondary N) is 2. The van der Waals surface area contributed by atoms with Crippen molar-refractivity contribution in [3.63, 3.8) is 0 Å². The molecular weight excluding hydrogens is 171 g/mol. The number of anilines is 1. The zero-order valence-corrected chi connectivity index (χ0v) is 5.94. The summed E-state index contributed by atoms with van der Waals surface area (Å²) in [5, 5.41) is 7.61. The highest BCUT2D eigenvalue weighted by atomic mass is 19.4. The maximum Gasteiger partial charge on any atom is 0.432 e. The molecule has 0 unspecified atom stereocenters. The quantitative estimate of drug-likeness (QED) is 0.725. The van der Waals surface area contributed by atoms with Crippen LogP contribution in [-0.2, 0) is 6.18 Å². The third-order valence-electron chi connectivity index (χ3n) is 1.13. The summed E-state index contributed by atoms with van der Waals surface area (Å²) in [5.74, 6) is 0.0947. The predicted octanol–water partition coefficient (Wildman–Crippen LogP) is 1.98. The van der Waals surface area contributed by atoms with Gasteiger partial charge in [0.15, 0.2) is 5.82 Å². The van der Waals surface area contributed by atoms with Crippen molar-refractivity contribution in [3.8, 4) is 0 Å². The number of rotatable bonds is 2. The molecule has 0 aliphatic heterocycles. The zero-order chi connectivity index (χ0) is 9.19. The van der Waals surface area contributed by atoms with Gasteiger partial charge in [-0.2, -0.15) is 18.3 Å². The molecule has 12 heavy (non-hydrogen) atoms. The van der Waals surface area contributed by atoms with E-state index >= 15 is 0 Å². The first-order chi connectivity index (χ1) is 5.54. The molecule has 0 radical (unpaired) electrons. The molecule has 1 aromatic heterocycles. The molecule has 0 fully saturated rings. The van der Waals surface area contributed by atoms with E-state index in [4.69, 9.17) is 0 Å². The normalized spacial score (nSPS) is 11.2. The van der Waals surface area contributed by atoms with Gasteiger partial charge in [0.2, 0.25) is 0 Å². The average molecular weight is 177 g/mol. The Kier molecular flexibility index (Phi) is 2.07. The van der Waals surface area contributed by atoms with Crippen molar-refractivity contribution in [1.29, 1.82) is 0 Å². The standard InChI is InChI=1S/C6H6F3N3/c1-2-10-5-3-4(11-12-5)6(7,8)9/h2-3H,1H2,(H2,10,11,12). The Labute approximate surface area is 66.3 Å². The Morgan fingerprint density at radius 3 is 2.67 bits per heavy atom. The van der Waals surface area contributed by atoms with E-state index in [2.05, 4.69) is 17.0 Å². The molecule has 0 saturated heterocycles. The van der Waals surface area contributed by atoms with Crippen molar-refractivity contribution in [2.75, 3.05) is 5.32 Å². The van der Waals surface area contributed by atoms with Crippen LogP contribution in [0.2, 0.25) is 0 Å². The van der Waals surface area contributed by atoms with Crippen LogP contribution in [0.4, 0.5) is 19.0 Å². The summed E-state index contributed by atoms with van der Waals surface area (Å²) in [4.78, 5) is 0. The molecule has 0 aliphatic carbocycles. The van der Waals surface area contributed by atoms with E-state index < -0.39 is 11.9 Å². The molecule has 1 rings (SSSR count). The monoisotopic (exact) mass is 177 g/mol. The van der Waals surface area contributed by atoms with E-state index in [-0.39, 0.29) is 5.82 Å². The summed E-state index contributed by atoms with van der Waals surface area (Å²) in [6.07, 6.45) is -3.13. The number of alkyl halides is 3. The van der Waals surface area contributed by atoms with Crippen LogP contribution >= 0.6 is 0 Å². The molecule has 1 aromatic rings. The maximum atomic E-state index is 11.9. The minimum atomic E-state index is -4.38. The number of nitrogens with zero attached hydrogens (tertiary/aromatic N) is 1. The molecule has 0 aliphatic rings. The molecule has 0 aromatic carbocycles. The van der Waals surface area contributed by atoms with Crippen LogP contribution in [-0.4, -0.2) is 10.2 Å². The lowest BCUT2D eigenvalue weighted by molar-refractivity contribution is -0.141. The third kappa shape index (κ3) is 1.77. The van der Waals surface area contributed by atoms with Crippen LogP contribution in [0.3, 0.4) is 0 Å². The van der Waals surface area contributed by atoms with Gasteiger partial charge in [0, 0.05) is 6.07 Å². The molecular formula is C6H6F3N3. The van der Waals surface area contributed by atoms with Gasteiger partial charge < -0.3 is 5.32 Å². The van der Waals surface area contributed by atoms with E-state index in [0.717, 1.165) is 6.07 Å². The van der Waals surface area contributed by atoms with Crippen LogP contribution < -0.4 is 5.32 Å². The van der Waals surface area contributed by atoms with E-state index in [1.807, 2.05) is 5.10 Å². The van der Waals surface area contributed by atoms with Crippen molar-refractivity contribution < 1.29 is 13.2 Å².